The smallest absolute Gasteiger partial charge is 0.121 e. The molecular formula is C10H12FN. The Morgan fingerprint density at radius 1 is 1.17 bits per heavy atom. The molecule has 1 nitrogen and oxygen atoms in total. The van der Waals surface area contributed by atoms with E-state index in [-0.39, 0.29) is 5.92 Å². The maximum atomic E-state index is 13.2. The van der Waals surface area contributed by atoms with E-state index >= 15 is 0 Å². The van der Waals surface area contributed by atoms with E-state index in [1.807, 2.05) is 30.3 Å². The average molecular weight is 165 g/mol. The molecule has 1 N–H and O–H groups in total. The first-order chi connectivity index (χ1) is 5.88. The fourth-order valence-corrected chi connectivity index (χ4v) is 1.67. The van der Waals surface area contributed by atoms with Crippen molar-refractivity contribution in [1.29, 1.82) is 0 Å². The molecule has 0 amide bonds. The Morgan fingerprint density at radius 3 is 2.50 bits per heavy atom. The highest BCUT2D eigenvalue weighted by Crippen LogP contribution is 2.24. The Labute approximate surface area is 71.6 Å². The van der Waals surface area contributed by atoms with Gasteiger partial charge in [-0.15, -0.1) is 0 Å². The van der Waals surface area contributed by atoms with Gasteiger partial charge >= 0.3 is 0 Å². The van der Waals surface area contributed by atoms with Gasteiger partial charge in [-0.2, -0.15) is 0 Å². The van der Waals surface area contributed by atoms with Crippen molar-refractivity contribution < 1.29 is 4.39 Å². The van der Waals surface area contributed by atoms with E-state index in [1.165, 1.54) is 0 Å². The highest BCUT2D eigenvalue weighted by Gasteiger charge is 2.27. The summed E-state index contributed by atoms with van der Waals surface area (Å²) in [6.45, 7) is 1.27. The van der Waals surface area contributed by atoms with Crippen molar-refractivity contribution in [2.75, 3.05) is 13.1 Å². The molecule has 0 radical (unpaired) electrons. The van der Waals surface area contributed by atoms with E-state index in [4.69, 9.17) is 0 Å². The molecule has 1 aromatic carbocycles. The Balaban J connectivity index is 2.19. The lowest BCUT2D eigenvalue weighted by molar-refractivity contribution is 0.332. The molecule has 0 aromatic heterocycles. The lowest BCUT2D eigenvalue weighted by Gasteiger charge is -2.10. The summed E-state index contributed by atoms with van der Waals surface area (Å²) in [4.78, 5) is 0. The second-order valence-corrected chi connectivity index (χ2v) is 3.19. The molecule has 0 aliphatic carbocycles. The van der Waals surface area contributed by atoms with Crippen LogP contribution in [0.25, 0.3) is 0 Å². The third-order valence-corrected chi connectivity index (χ3v) is 2.37. The summed E-state index contributed by atoms with van der Waals surface area (Å²) in [7, 11) is 0. The molecule has 0 saturated carbocycles. The third kappa shape index (κ3) is 1.34. The van der Waals surface area contributed by atoms with Crippen molar-refractivity contribution in [3.63, 3.8) is 0 Å². The van der Waals surface area contributed by atoms with Crippen molar-refractivity contribution in [3.05, 3.63) is 35.9 Å². The standard InChI is InChI=1S/C10H12FN/c11-10-7-12-6-9(10)8-4-2-1-3-5-8/h1-5,9-10,12H,6-7H2/t9-,10+/m0/s1. The Morgan fingerprint density at radius 2 is 1.92 bits per heavy atom. The van der Waals surface area contributed by atoms with Gasteiger partial charge in [-0.25, -0.2) is 4.39 Å². The van der Waals surface area contributed by atoms with Crippen LogP contribution in [0.4, 0.5) is 4.39 Å². The van der Waals surface area contributed by atoms with Gasteiger partial charge < -0.3 is 5.32 Å². The first kappa shape index (κ1) is 7.74. The molecule has 1 fully saturated rings. The van der Waals surface area contributed by atoms with Crippen molar-refractivity contribution in [2.24, 2.45) is 0 Å². The number of hydrogen-bond acceptors (Lipinski definition) is 1. The minimum absolute atomic E-state index is 0.0613. The van der Waals surface area contributed by atoms with E-state index in [0.29, 0.717) is 6.54 Å². The zero-order valence-corrected chi connectivity index (χ0v) is 6.83. The van der Waals surface area contributed by atoms with Crippen molar-refractivity contribution >= 4 is 0 Å². The Kier molecular flexibility index (Phi) is 2.09. The summed E-state index contributed by atoms with van der Waals surface area (Å²) in [5.74, 6) is 0.0613. The van der Waals surface area contributed by atoms with Crippen molar-refractivity contribution in [3.8, 4) is 0 Å². The molecule has 64 valence electrons. The zero-order chi connectivity index (χ0) is 8.39. The van der Waals surface area contributed by atoms with Gasteiger partial charge in [0.2, 0.25) is 0 Å². The molecule has 0 unspecified atom stereocenters. The highest BCUT2D eigenvalue weighted by molar-refractivity contribution is 5.22. The van der Waals surface area contributed by atoms with Gasteiger partial charge in [0.15, 0.2) is 0 Å². The number of rotatable bonds is 1. The van der Waals surface area contributed by atoms with Crippen LogP contribution in [0.5, 0.6) is 0 Å². The van der Waals surface area contributed by atoms with E-state index in [0.717, 1.165) is 12.1 Å². The van der Waals surface area contributed by atoms with Gasteiger partial charge in [0.05, 0.1) is 0 Å². The van der Waals surface area contributed by atoms with E-state index in [9.17, 15) is 4.39 Å². The maximum Gasteiger partial charge on any atom is 0.121 e. The Bertz CT molecular complexity index is 247. The molecule has 12 heavy (non-hydrogen) atoms. The average Bonchev–Trinajstić information content (AvgIpc) is 2.53. The molecule has 0 spiro atoms. The monoisotopic (exact) mass is 165 g/mol. The predicted molar refractivity (Wildman–Crippen MR) is 46.9 cm³/mol. The van der Waals surface area contributed by atoms with Crippen LogP contribution >= 0.6 is 0 Å². The van der Waals surface area contributed by atoms with Crippen LogP contribution < -0.4 is 5.32 Å². The van der Waals surface area contributed by atoms with Gasteiger partial charge in [0.1, 0.15) is 6.17 Å². The summed E-state index contributed by atoms with van der Waals surface area (Å²) in [5.41, 5.74) is 1.11. The van der Waals surface area contributed by atoms with Crippen LogP contribution in [-0.4, -0.2) is 19.3 Å². The largest absolute Gasteiger partial charge is 0.313 e. The summed E-state index contributed by atoms with van der Waals surface area (Å²) in [5, 5.41) is 3.05. The molecule has 1 aliphatic rings. The Hall–Kier alpha value is -0.890. The molecule has 1 heterocycles. The van der Waals surface area contributed by atoms with Crippen molar-refractivity contribution in [2.45, 2.75) is 12.1 Å². The van der Waals surface area contributed by atoms with Crippen LogP contribution in [0, 0.1) is 0 Å². The summed E-state index contributed by atoms with van der Waals surface area (Å²) in [6, 6.07) is 9.86. The second-order valence-electron chi connectivity index (χ2n) is 3.19. The molecule has 2 atom stereocenters. The van der Waals surface area contributed by atoms with Gasteiger partial charge in [-0.3, -0.25) is 0 Å². The van der Waals surface area contributed by atoms with Gasteiger partial charge in [0.25, 0.3) is 0 Å². The minimum Gasteiger partial charge on any atom is -0.313 e. The van der Waals surface area contributed by atoms with Crippen LogP contribution in [0.3, 0.4) is 0 Å². The lowest BCUT2D eigenvalue weighted by atomic mass is 9.97. The highest BCUT2D eigenvalue weighted by atomic mass is 19.1. The van der Waals surface area contributed by atoms with E-state index < -0.39 is 6.17 Å². The van der Waals surface area contributed by atoms with Gasteiger partial charge in [-0.1, -0.05) is 30.3 Å². The van der Waals surface area contributed by atoms with Crippen LogP contribution in [0.2, 0.25) is 0 Å². The number of alkyl halides is 1. The number of hydrogen-bond donors (Lipinski definition) is 1. The summed E-state index contributed by atoms with van der Waals surface area (Å²) >= 11 is 0. The number of nitrogens with one attached hydrogen (secondary N) is 1. The fraction of sp³-hybridized carbons (Fsp3) is 0.400. The van der Waals surface area contributed by atoms with Crippen LogP contribution in [0.1, 0.15) is 11.5 Å². The second kappa shape index (κ2) is 3.23. The number of halogens is 1. The van der Waals surface area contributed by atoms with Crippen LogP contribution in [0.15, 0.2) is 30.3 Å². The molecule has 1 aliphatic heterocycles. The molecule has 2 rings (SSSR count). The molecular weight excluding hydrogens is 153 g/mol. The molecule has 2 heteroatoms. The molecule has 1 saturated heterocycles. The SMILES string of the molecule is F[C@@H]1CNC[C@H]1c1ccccc1. The summed E-state index contributed by atoms with van der Waals surface area (Å²) < 4.78 is 13.2. The van der Waals surface area contributed by atoms with Crippen molar-refractivity contribution in [1.82, 2.24) is 5.32 Å². The fourth-order valence-electron chi connectivity index (χ4n) is 1.67. The number of benzene rings is 1. The first-order valence-electron chi connectivity index (χ1n) is 4.27. The minimum atomic E-state index is -0.715. The first-order valence-corrected chi connectivity index (χ1v) is 4.27. The quantitative estimate of drug-likeness (QED) is 0.668. The molecule has 0 bridgehead atoms. The zero-order valence-electron chi connectivity index (χ0n) is 6.83. The topological polar surface area (TPSA) is 12.0 Å². The summed E-state index contributed by atoms with van der Waals surface area (Å²) in [6.07, 6.45) is -0.715. The van der Waals surface area contributed by atoms with Gasteiger partial charge in [0, 0.05) is 19.0 Å². The predicted octanol–water partition coefficient (Wildman–Crippen LogP) is 1.71. The maximum absolute atomic E-state index is 13.2. The van der Waals surface area contributed by atoms with Gasteiger partial charge in [-0.05, 0) is 5.56 Å². The van der Waals surface area contributed by atoms with E-state index in [1.54, 1.807) is 0 Å². The van der Waals surface area contributed by atoms with E-state index in [2.05, 4.69) is 5.32 Å². The lowest BCUT2D eigenvalue weighted by Crippen LogP contribution is -2.10. The third-order valence-electron chi connectivity index (χ3n) is 2.37. The van der Waals surface area contributed by atoms with Crippen LogP contribution in [-0.2, 0) is 0 Å². The normalized spacial score (nSPS) is 29.1. The molecule has 1 aromatic rings.